The summed E-state index contributed by atoms with van der Waals surface area (Å²) < 4.78 is 7.24. The van der Waals surface area contributed by atoms with Gasteiger partial charge in [-0.3, -0.25) is 4.68 Å². The summed E-state index contributed by atoms with van der Waals surface area (Å²) in [5, 5.41) is 14.7. The van der Waals surface area contributed by atoms with Crippen LogP contribution in [0.3, 0.4) is 0 Å². The van der Waals surface area contributed by atoms with Crippen molar-refractivity contribution < 1.29 is 14.6 Å². The molecule has 1 unspecified atom stereocenters. The Balaban J connectivity index is 2.25. The van der Waals surface area contributed by atoms with Gasteiger partial charge in [-0.2, -0.15) is 5.10 Å². The lowest BCUT2D eigenvalue weighted by molar-refractivity contribution is 0.0528. The summed E-state index contributed by atoms with van der Waals surface area (Å²) in [6, 6.07) is 0. The number of hydrogen-bond donors (Lipinski definition) is 1. The number of rotatable bonds is 2. The molecule has 3 heterocycles. The molecule has 0 radical (unpaired) electrons. The second kappa shape index (κ2) is 5.00. The zero-order valence-electron chi connectivity index (χ0n) is 12.3. The Morgan fingerprint density at radius 3 is 2.95 bits per heavy atom. The second-order valence-electron chi connectivity index (χ2n) is 5.36. The Morgan fingerprint density at radius 1 is 1.52 bits per heavy atom. The van der Waals surface area contributed by atoms with Crippen LogP contribution in [0.2, 0.25) is 0 Å². The highest BCUT2D eigenvalue weighted by Crippen LogP contribution is 2.32. The largest absolute Gasteiger partial charge is 0.478 e. The third-order valence-corrected chi connectivity index (χ3v) is 3.79. The third-order valence-electron chi connectivity index (χ3n) is 3.79. The maximum atomic E-state index is 11.6. The van der Waals surface area contributed by atoms with Crippen molar-refractivity contribution in [2.24, 2.45) is 7.05 Å². The van der Waals surface area contributed by atoms with Crippen LogP contribution in [-0.4, -0.2) is 51.6 Å². The summed E-state index contributed by atoms with van der Waals surface area (Å²) in [5.74, 6) is -0.971. The van der Waals surface area contributed by atoms with E-state index in [1.807, 2.05) is 20.9 Å². The molecule has 0 amide bonds. The monoisotopic (exact) mass is 290 g/mol. The molecule has 3 rings (SSSR count). The van der Waals surface area contributed by atoms with E-state index in [1.165, 1.54) is 6.20 Å². The van der Waals surface area contributed by atoms with Gasteiger partial charge in [-0.05, 0) is 13.8 Å². The predicted octanol–water partition coefficient (Wildman–Crippen LogP) is 1.20. The van der Waals surface area contributed by atoms with Crippen LogP contribution < -0.4 is 4.90 Å². The molecule has 0 bridgehead atoms. The highest BCUT2D eigenvalue weighted by molar-refractivity contribution is 6.04. The fraction of sp³-hybridized carbons (Fsp3) is 0.500. The Hall–Kier alpha value is -2.15. The number of ether oxygens (including phenoxy) is 1. The van der Waals surface area contributed by atoms with E-state index in [-0.39, 0.29) is 11.7 Å². The van der Waals surface area contributed by atoms with Crippen molar-refractivity contribution in [2.45, 2.75) is 20.0 Å². The Morgan fingerprint density at radius 2 is 2.29 bits per heavy atom. The van der Waals surface area contributed by atoms with Gasteiger partial charge < -0.3 is 14.7 Å². The van der Waals surface area contributed by atoms with Crippen LogP contribution in [0.25, 0.3) is 11.0 Å². The first-order valence-corrected chi connectivity index (χ1v) is 6.91. The van der Waals surface area contributed by atoms with E-state index in [2.05, 4.69) is 15.0 Å². The summed E-state index contributed by atoms with van der Waals surface area (Å²) >= 11 is 0. The molecule has 0 spiro atoms. The van der Waals surface area contributed by atoms with Gasteiger partial charge in [-0.25, -0.2) is 9.78 Å². The average molecular weight is 290 g/mol. The lowest BCUT2D eigenvalue weighted by Gasteiger charge is -2.34. The molecule has 7 heteroatoms. The van der Waals surface area contributed by atoms with Crippen molar-refractivity contribution >= 4 is 22.7 Å². The molecule has 0 saturated carbocycles. The summed E-state index contributed by atoms with van der Waals surface area (Å²) in [7, 11) is 1.81. The zero-order valence-corrected chi connectivity index (χ0v) is 12.3. The maximum Gasteiger partial charge on any atom is 0.339 e. The molecule has 1 saturated heterocycles. The smallest absolute Gasteiger partial charge is 0.339 e. The maximum absolute atomic E-state index is 11.6. The molecule has 7 nitrogen and oxygen atoms in total. The number of carboxylic acids is 1. The lowest BCUT2D eigenvalue weighted by atomic mass is 10.1. The summed E-state index contributed by atoms with van der Waals surface area (Å²) in [6.07, 6.45) is 1.49. The molecule has 0 aliphatic carbocycles. The van der Waals surface area contributed by atoms with E-state index in [9.17, 15) is 9.90 Å². The number of morpholine rings is 1. The highest BCUT2D eigenvalue weighted by Gasteiger charge is 2.26. The number of hydrogen-bond acceptors (Lipinski definition) is 5. The summed E-state index contributed by atoms with van der Waals surface area (Å²) in [6.45, 7) is 5.78. The van der Waals surface area contributed by atoms with Crippen LogP contribution in [0, 0.1) is 6.92 Å². The van der Waals surface area contributed by atoms with Crippen LogP contribution in [0.4, 0.5) is 5.69 Å². The number of aryl methyl sites for hydroxylation is 2. The number of pyridine rings is 1. The summed E-state index contributed by atoms with van der Waals surface area (Å²) in [5.41, 5.74) is 2.41. The van der Waals surface area contributed by atoms with Crippen molar-refractivity contribution in [1.82, 2.24) is 14.8 Å². The van der Waals surface area contributed by atoms with Gasteiger partial charge in [0.1, 0.15) is 5.56 Å². The number of carboxylic acid groups (broad SMARTS) is 1. The van der Waals surface area contributed by atoms with Crippen molar-refractivity contribution in [2.75, 3.05) is 24.6 Å². The van der Waals surface area contributed by atoms with Gasteiger partial charge >= 0.3 is 5.97 Å². The number of fused-ring (bicyclic) bond motifs is 1. The Kier molecular flexibility index (Phi) is 3.29. The lowest BCUT2D eigenvalue weighted by Crippen LogP contribution is -2.42. The van der Waals surface area contributed by atoms with E-state index in [4.69, 9.17) is 4.74 Å². The van der Waals surface area contributed by atoms with Crippen molar-refractivity contribution in [3.05, 3.63) is 17.5 Å². The molecule has 1 aliphatic heterocycles. The molecular formula is C14H18N4O3. The molecule has 1 fully saturated rings. The van der Waals surface area contributed by atoms with Gasteiger partial charge in [0.05, 0.1) is 29.5 Å². The molecule has 112 valence electrons. The van der Waals surface area contributed by atoms with E-state index in [1.54, 1.807) is 4.68 Å². The number of nitrogens with zero attached hydrogens (tertiary/aromatic N) is 4. The van der Waals surface area contributed by atoms with Crippen LogP contribution in [0.15, 0.2) is 6.20 Å². The zero-order chi connectivity index (χ0) is 15.1. The molecule has 21 heavy (non-hydrogen) atoms. The van der Waals surface area contributed by atoms with Crippen LogP contribution in [-0.2, 0) is 11.8 Å². The fourth-order valence-electron chi connectivity index (χ4n) is 2.90. The van der Waals surface area contributed by atoms with Gasteiger partial charge in [0.25, 0.3) is 0 Å². The van der Waals surface area contributed by atoms with Gasteiger partial charge in [0, 0.05) is 26.3 Å². The molecule has 1 atom stereocenters. The van der Waals surface area contributed by atoms with E-state index >= 15 is 0 Å². The number of aromatic carboxylic acids is 1. The third kappa shape index (κ3) is 2.23. The van der Waals surface area contributed by atoms with Crippen molar-refractivity contribution in [3.8, 4) is 0 Å². The first kappa shape index (κ1) is 13.8. The molecule has 1 N–H and O–H groups in total. The minimum absolute atomic E-state index is 0.0700. The van der Waals surface area contributed by atoms with E-state index < -0.39 is 5.97 Å². The second-order valence-corrected chi connectivity index (χ2v) is 5.36. The van der Waals surface area contributed by atoms with Gasteiger partial charge in [-0.1, -0.05) is 0 Å². The first-order chi connectivity index (χ1) is 9.99. The summed E-state index contributed by atoms with van der Waals surface area (Å²) in [4.78, 5) is 17.9. The van der Waals surface area contributed by atoms with Crippen LogP contribution in [0.1, 0.15) is 23.0 Å². The SMILES string of the molecule is Cc1nn(C)c2ncc(C(=O)O)c(N3CCOC(C)C3)c12. The van der Waals surface area contributed by atoms with Gasteiger partial charge in [0.2, 0.25) is 0 Å². The van der Waals surface area contributed by atoms with E-state index in [0.29, 0.717) is 31.0 Å². The van der Waals surface area contributed by atoms with Crippen LogP contribution >= 0.6 is 0 Å². The number of anilines is 1. The predicted molar refractivity (Wildman–Crippen MR) is 77.8 cm³/mol. The Labute approximate surface area is 122 Å². The normalized spacial score (nSPS) is 19.2. The van der Waals surface area contributed by atoms with Crippen LogP contribution in [0.5, 0.6) is 0 Å². The van der Waals surface area contributed by atoms with Crippen molar-refractivity contribution in [1.29, 1.82) is 0 Å². The van der Waals surface area contributed by atoms with Crippen molar-refractivity contribution in [3.63, 3.8) is 0 Å². The van der Waals surface area contributed by atoms with Gasteiger partial charge in [0.15, 0.2) is 5.65 Å². The molecule has 2 aromatic rings. The Bertz CT molecular complexity index is 710. The highest BCUT2D eigenvalue weighted by atomic mass is 16.5. The molecule has 1 aliphatic rings. The van der Waals surface area contributed by atoms with Gasteiger partial charge in [-0.15, -0.1) is 0 Å². The topological polar surface area (TPSA) is 80.5 Å². The van der Waals surface area contributed by atoms with E-state index in [0.717, 1.165) is 11.1 Å². The fourth-order valence-corrected chi connectivity index (χ4v) is 2.90. The number of aromatic nitrogens is 3. The molecule has 2 aromatic heterocycles. The number of carbonyl (C=O) groups is 1. The minimum Gasteiger partial charge on any atom is -0.478 e. The molecule has 0 aromatic carbocycles. The average Bonchev–Trinajstić information content (AvgIpc) is 2.73. The quantitative estimate of drug-likeness (QED) is 0.895. The molecular weight excluding hydrogens is 272 g/mol. The first-order valence-electron chi connectivity index (χ1n) is 6.91. The standard InChI is InChI=1S/C14H18N4O3/c1-8-7-18(4-5-21-8)12-10(14(19)20)6-15-13-11(12)9(2)16-17(13)3/h6,8H,4-5,7H2,1-3H3,(H,19,20). The minimum atomic E-state index is -0.971.